The Kier molecular flexibility index (Phi) is 3.63. The number of phenols is 1. The topological polar surface area (TPSA) is 40.5 Å². The minimum atomic E-state index is -0.643. The lowest BCUT2D eigenvalue weighted by Crippen LogP contribution is -2.49. The average Bonchev–Trinajstić information content (AvgIpc) is 2.66. The van der Waals surface area contributed by atoms with E-state index in [0.29, 0.717) is 23.5 Å². The molecular weight excluding hydrogens is 455 g/mol. The third-order valence-electron chi connectivity index (χ3n) is 6.78. The van der Waals surface area contributed by atoms with Gasteiger partial charge in [0.25, 0.3) is 0 Å². The molecule has 0 saturated heterocycles. The molecule has 0 unspecified atom stereocenters. The Balaban J connectivity index is 1.73. The number of benzene rings is 1. The van der Waals surface area contributed by atoms with Crippen molar-refractivity contribution >= 4 is 38.5 Å². The highest BCUT2D eigenvalue weighted by atomic mass is 127. The van der Waals surface area contributed by atoms with Gasteiger partial charge in [-0.15, -0.1) is 0 Å². The molecule has 0 bridgehead atoms. The quantitative estimate of drug-likeness (QED) is 0.419. The zero-order valence-corrected chi connectivity index (χ0v) is 16.5. The molecule has 3 aliphatic carbocycles. The first-order valence-corrected chi connectivity index (χ1v) is 10.2. The first kappa shape index (κ1) is 15.7. The van der Waals surface area contributed by atoms with Crippen molar-refractivity contribution < 1.29 is 10.2 Å². The molecule has 2 N–H and O–H groups in total. The number of rotatable bonds is 0. The molecule has 2 fully saturated rings. The van der Waals surface area contributed by atoms with Crippen LogP contribution in [0.3, 0.4) is 0 Å². The van der Waals surface area contributed by atoms with Gasteiger partial charge in [0.15, 0.2) is 0 Å². The van der Waals surface area contributed by atoms with E-state index in [9.17, 15) is 10.2 Å². The van der Waals surface area contributed by atoms with Crippen LogP contribution in [0.2, 0.25) is 0 Å². The second kappa shape index (κ2) is 5.09. The van der Waals surface area contributed by atoms with Gasteiger partial charge >= 0.3 is 0 Å². The normalized spacial score (nSPS) is 46.7. The van der Waals surface area contributed by atoms with E-state index < -0.39 is 3.61 Å². The zero-order chi connectivity index (χ0) is 15.7. The molecule has 4 rings (SSSR count). The first-order chi connectivity index (χ1) is 10.3. The van der Waals surface area contributed by atoms with Crippen LogP contribution in [0.15, 0.2) is 18.2 Å². The van der Waals surface area contributed by atoms with Gasteiger partial charge < -0.3 is 10.2 Å². The molecule has 22 heavy (non-hydrogen) atoms. The van der Waals surface area contributed by atoms with Gasteiger partial charge in [-0.2, -0.15) is 0 Å². The van der Waals surface area contributed by atoms with Gasteiger partial charge in [-0.1, -0.05) is 28.9 Å². The standard InChI is InChI=1S/C18H22BrIO2/c1-17-7-6-13-12-5-3-11(21)8-10(12)2-4-14(13)15(17)9-16(19)18(17,20)22/h3,5,8,13-16,21-22H,2,4,6-7,9H2,1H3/t13-,14-,15+,16+,17+,18-/m1/s1. The smallest absolute Gasteiger partial charge is 0.133 e. The average molecular weight is 477 g/mol. The molecule has 0 radical (unpaired) electrons. The van der Waals surface area contributed by atoms with Crippen molar-refractivity contribution in [2.75, 3.05) is 0 Å². The van der Waals surface area contributed by atoms with Crippen LogP contribution in [-0.4, -0.2) is 18.6 Å². The third kappa shape index (κ3) is 1.99. The van der Waals surface area contributed by atoms with Crippen molar-refractivity contribution in [3.05, 3.63) is 29.3 Å². The summed E-state index contributed by atoms with van der Waals surface area (Å²) in [6.07, 6.45) is 5.56. The Morgan fingerprint density at radius 1 is 1.32 bits per heavy atom. The number of phenolic OH excluding ortho intramolecular Hbond substituents is 1. The lowest BCUT2D eigenvalue weighted by molar-refractivity contribution is -0.0314. The maximum absolute atomic E-state index is 11.0. The van der Waals surface area contributed by atoms with E-state index in [4.69, 9.17) is 0 Å². The van der Waals surface area contributed by atoms with Crippen LogP contribution in [0.25, 0.3) is 0 Å². The number of hydrogen-bond donors (Lipinski definition) is 2. The summed E-state index contributed by atoms with van der Waals surface area (Å²) in [5.74, 6) is 2.24. The number of hydrogen-bond acceptors (Lipinski definition) is 2. The highest BCUT2D eigenvalue weighted by Gasteiger charge is 2.64. The molecule has 120 valence electrons. The van der Waals surface area contributed by atoms with E-state index in [-0.39, 0.29) is 10.2 Å². The van der Waals surface area contributed by atoms with E-state index >= 15 is 0 Å². The Labute approximate surface area is 154 Å². The summed E-state index contributed by atoms with van der Waals surface area (Å²) in [5.41, 5.74) is 2.80. The molecule has 6 atom stereocenters. The Hall–Kier alpha value is 0.190. The lowest BCUT2D eigenvalue weighted by Gasteiger charge is -2.52. The summed E-state index contributed by atoms with van der Waals surface area (Å²) in [7, 11) is 0. The molecule has 0 aromatic heterocycles. The Bertz CT molecular complexity index is 617. The predicted octanol–water partition coefficient (Wildman–Crippen LogP) is 4.75. The van der Waals surface area contributed by atoms with Crippen LogP contribution in [0, 0.1) is 17.3 Å². The minimum Gasteiger partial charge on any atom is -0.508 e. The summed E-state index contributed by atoms with van der Waals surface area (Å²) in [6.45, 7) is 2.30. The van der Waals surface area contributed by atoms with Crippen molar-refractivity contribution in [1.29, 1.82) is 0 Å². The minimum absolute atomic E-state index is 0.0112. The molecule has 1 aromatic rings. The largest absolute Gasteiger partial charge is 0.508 e. The molecule has 2 nitrogen and oxygen atoms in total. The van der Waals surface area contributed by atoms with Crippen LogP contribution < -0.4 is 0 Å². The van der Waals surface area contributed by atoms with Crippen LogP contribution in [0.1, 0.15) is 49.7 Å². The van der Waals surface area contributed by atoms with Crippen molar-refractivity contribution in [3.8, 4) is 5.75 Å². The zero-order valence-electron chi connectivity index (χ0n) is 12.7. The summed E-state index contributed by atoms with van der Waals surface area (Å²) in [6, 6.07) is 5.93. The highest BCUT2D eigenvalue weighted by Crippen LogP contribution is 2.67. The van der Waals surface area contributed by atoms with Crippen LogP contribution >= 0.6 is 38.5 Å². The molecule has 0 amide bonds. The molecule has 1 aromatic carbocycles. The van der Waals surface area contributed by atoms with Crippen LogP contribution in [-0.2, 0) is 6.42 Å². The van der Waals surface area contributed by atoms with E-state index in [0.717, 1.165) is 25.7 Å². The maximum Gasteiger partial charge on any atom is 0.133 e. The van der Waals surface area contributed by atoms with Gasteiger partial charge in [0.05, 0.1) is 4.83 Å². The number of halogens is 2. The van der Waals surface area contributed by atoms with Crippen LogP contribution in [0.4, 0.5) is 0 Å². The number of aromatic hydroxyl groups is 1. The third-order valence-corrected chi connectivity index (χ3v) is 10.7. The van der Waals surface area contributed by atoms with Crippen LogP contribution in [0.5, 0.6) is 5.75 Å². The maximum atomic E-state index is 11.0. The molecule has 3 aliphatic rings. The Morgan fingerprint density at radius 2 is 2.09 bits per heavy atom. The highest BCUT2D eigenvalue weighted by molar-refractivity contribution is 14.1. The predicted molar refractivity (Wildman–Crippen MR) is 99.8 cm³/mol. The lowest BCUT2D eigenvalue weighted by atomic mass is 9.55. The van der Waals surface area contributed by atoms with Crippen molar-refractivity contribution in [1.82, 2.24) is 0 Å². The fourth-order valence-electron chi connectivity index (χ4n) is 5.50. The monoisotopic (exact) mass is 476 g/mol. The molecular formula is C18H22BrIO2. The summed E-state index contributed by atoms with van der Waals surface area (Å²) >= 11 is 6.04. The fraction of sp³-hybridized carbons (Fsp3) is 0.667. The fourth-order valence-corrected chi connectivity index (χ4v) is 7.35. The van der Waals surface area contributed by atoms with E-state index in [1.807, 2.05) is 12.1 Å². The van der Waals surface area contributed by atoms with E-state index in [2.05, 4.69) is 51.5 Å². The van der Waals surface area contributed by atoms with Gasteiger partial charge in [-0.05, 0) is 95.7 Å². The van der Waals surface area contributed by atoms with E-state index in [1.54, 1.807) is 0 Å². The first-order valence-electron chi connectivity index (χ1n) is 8.22. The number of alkyl halides is 2. The van der Waals surface area contributed by atoms with Gasteiger partial charge in [0.1, 0.15) is 9.36 Å². The van der Waals surface area contributed by atoms with Crippen molar-refractivity contribution in [3.63, 3.8) is 0 Å². The van der Waals surface area contributed by atoms with Gasteiger partial charge in [0, 0.05) is 5.41 Å². The Morgan fingerprint density at radius 3 is 2.86 bits per heavy atom. The van der Waals surface area contributed by atoms with Gasteiger partial charge in [-0.3, -0.25) is 0 Å². The summed E-state index contributed by atoms with van der Waals surface area (Å²) in [5, 5.41) is 20.8. The van der Waals surface area contributed by atoms with Gasteiger partial charge in [0.2, 0.25) is 0 Å². The molecule has 0 aliphatic heterocycles. The number of aryl methyl sites for hydroxylation is 1. The number of aliphatic hydroxyl groups is 1. The van der Waals surface area contributed by atoms with E-state index in [1.165, 1.54) is 17.5 Å². The summed E-state index contributed by atoms with van der Waals surface area (Å²) < 4.78 is -0.643. The second-order valence-electron chi connectivity index (χ2n) is 7.63. The van der Waals surface area contributed by atoms with Crippen molar-refractivity contribution in [2.24, 2.45) is 17.3 Å². The SMILES string of the molecule is C[C@]12CC[C@@H]3c4ccc(O)cc4CC[C@H]3[C@@H]1C[C@H](Br)[C@]2(O)I. The molecule has 2 saturated carbocycles. The second-order valence-corrected chi connectivity index (χ2v) is 10.4. The van der Waals surface area contributed by atoms with Crippen molar-refractivity contribution in [2.45, 2.75) is 53.4 Å². The van der Waals surface area contributed by atoms with Gasteiger partial charge in [-0.25, -0.2) is 0 Å². The molecule has 0 heterocycles. The number of fused-ring (bicyclic) bond motifs is 5. The molecule has 0 spiro atoms. The summed E-state index contributed by atoms with van der Waals surface area (Å²) in [4.78, 5) is 0.190. The molecule has 4 heteroatoms.